The molecule has 1 amide bonds. The highest BCUT2D eigenvalue weighted by Crippen LogP contribution is 2.04. The lowest BCUT2D eigenvalue weighted by Gasteiger charge is -2.15. The maximum absolute atomic E-state index is 11.1. The van der Waals surface area contributed by atoms with Crippen LogP contribution in [0.15, 0.2) is 24.3 Å². The van der Waals surface area contributed by atoms with Gasteiger partial charge in [0.15, 0.2) is 0 Å². The molecule has 1 aromatic carbocycles. The Hall–Kier alpha value is -1.35. The van der Waals surface area contributed by atoms with Crippen LogP contribution in [0.4, 0.5) is 0 Å². The van der Waals surface area contributed by atoms with E-state index in [1.165, 1.54) is 11.1 Å². The number of likely N-dealkylation sites (N-methyl/N-ethyl adjacent to an activating group) is 1. The first kappa shape index (κ1) is 11.7. The van der Waals surface area contributed by atoms with E-state index in [0.29, 0.717) is 6.54 Å². The number of amides is 1. The van der Waals surface area contributed by atoms with Crippen molar-refractivity contribution in [2.24, 2.45) is 0 Å². The highest BCUT2D eigenvalue weighted by Gasteiger charge is 2.05. The molecule has 0 bridgehead atoms. The Labute approximate surface area is 90.3 Å². The van der Waals surface area contributed by atoms with E-state index in [9.17, 15) is 4.79 Å². The maximum atomic E-state index is 11.1. The third-order valence-corrected chi connectivity index (χ3v) is 2.42. The van der Waals surface area contributed by atoms with Crippen molar-refractivity contribution in [2.75, 3.05) is 20.2 Å². The van der Waals surface area contributed by atoms with Crippen molar-refractivity contribution in [3.63, 3.8) is 0 Å². The van der Waals surface area contributed by atoms with Crippen molar-refractivity contribution >= 4 is 5.91 Å². The van der Waals surface area contributed by atoms with Gasteiger partial charge in [0.2, 0.25) is 5.91 Å². The van der Waals surface area contributed by atoms with E-state index in [2.05, 4.69) is 24.3 Å². The molecule has 0 aliphatic heterocycles. The summed E-state index contributed by atoms with van der Waals surface area (Å²) in [5.74, 6) is -0.234. The Balaban J connectivity index is 2.43. The minimum absolute atomic E-state index is 0.234. The van der Waals surface area contributed by atoms with Crippen LogP contribution in [0.1, 0.15) is 11.1 Å². The zero-order valence-electron chi connectivity index (χ0n) is 9.23. The lowest BCUT2D eigenvalue weighted by atomic mass is 10.1. The Morgan fingerprint density at radius 1 is 1.33 bits per heavy atom. The molecule has 0 spiro atoms. The predicted molar refractivity (Wildman–Crippen MR) is 59.6 cm³/mol. The number of carbonyl (C=O) groups excluding carboxylic acids is 1. The van der Waals surface area contributed by atoms with E-state index in [0.717, 1.165) is 6.42 Å². The van der Waals surface area contributed by atoms with Gasteiger partial charge in [-0.1, -0.05) is 29.8 Å². The van der Waals surface area contributed by atoms with Crippen molar-refractivity contribution in [3.8, 4) is 0 Å². The average Bonchev–Trinajstić information content (AvgIpc) is 2.26. The molecular formula is C12H17NO2. The van der Waals surface area contributed by atoms with E-state index >= 15 is 0 Å². The summed E-state index contributed by atoms with van der Waals surface area (Å²) in [6.07, 6.45) is 0.822. The number of aliphatic hydroxyl groups is 1. The lowest BCUT2D eigenvalue weighted by molar-refractivity contribution is -0.132. The van der Waals surface area contributed by atoms with Gasteiger partial charge in [-0.15, -0.1) is 0 Å². The molecule has 1 rings (SSSR count). The number of aliphatic hydroxyl groups excluding tert-OH is 1. The molecule has 3 nitrogen and oxygen atoms in total. The second kappa shape index (κ2) is 5.51. The Bertz CT molecular complexity index is 319. The molecule has 0 aromatic heterocycles. The van der Waals surface area contributed by atoms with Crippen LogP contribution in [0, 0.1) is 6.92 Å². The Kier molecular flexibility index (Phi) is 4.31. The summed E-state index contributed by atoms with van der Waals surface area (Å²) >= 11 is 0. The standard InChI is InChI=1S/C12H17NO2/c1-10-3-5-11(6-4-10)7-8-13(2)12(15)9-14/h3-6,14H,7-9H2,1-2H3. The van der Waals surface area contributed by atoms with Crippen LogP contribution in [-0.4, -0.2) is 36.1 Å². The van der Waals surface area contributed by atoms with Gasteiger partial charge in [-0.3, -0.25) is 4.79 Å². The molecule has 0 saturated heterocycles. The van der Waals surface area contributed by atoms with Crippen molar-refractivity contribution in [3.05, 3.63) is 35.4 Å². The fraction of sp³-hybridized carbons (Fsp3) is 0.417. The van der Waals surface area contributed by atoms with Crippen molar-refractivity contribution in [2.45, 2.75) is 13.3 Å². The summed E-state index contributed by atoms with van der Waals surface area (Å²) in [5, 5.41) is 8.65. The van der Waals surface area contributed by atoms with Crippen LogP contribution in [0.5, 0.6) is 0 Å². The molecule has 3 heteroatoms. The molecule has 15 heavy (non-hydrogen) atoms. The summed E-state index contributed by atoms with van der Waals surface area (Å²) < 4.78 is 0. The third kappa shape index (κ3) is 3.72. The number of hydrogen-bond acceptors (Lipinski definition) is 2. The first-order chi connectivity index (χ1) is 7.13. The summed E-state index contributed by atoms with van der Waals surface area (Å²) in [7, 11) is 1.70. The van der Waals surface area contributed by atoms with Crippen LogP contribution in [0.3, 0.4) is 0 Å². The zero-order chi connectivity index (χ0) is 11.3. The van der Waals surface area contributed by atoms with Gasteiger partial charge in [-0.25, -0.2) is 0 Å². The normalized spacial score (nSPS) is 10.1. The molecule has 0 unspecified atom stereocenters. The summed E-state index contributed by atoms with van der Waals surface area (Å²) in [4.78, 5) is 12.6. The van der Waals surface area contributed by atoms with E-state index in [-0.39, 0.29) is 5.91 Å². The molecule has 82 valence electrons. The zero-order valence-corrected chi connectivity index (χ0v) is 9.23. The lowest BCUT2D eigenvalue weighted by Crippen LogP contribution is -2.31. The molecule has 0 aliphatic rings. The van der Waals surface area contributed by atoms with Gasteiger partial charge in [0, 0.05) is 13.6 Å². The fourth-order valence-corrected chi connectivity index (χ4v) is 1.30. The number of rotatable bonds is 4. The molecule has 0 heterocycles. The topological polar surface area (TPSA) is 40.5 Å². The van der Waals surface area contributed by atoms with E-state index < -0.39 is 6.61 Å². The van der Waals surface area contributed by atoms with Crippen molar-refractivity contribution in [1.29, 1.82) is 0 Å². The second-order valence-electron chi connectivity index (χ2n) is 3.71. The number of carbonyl (C=O) groups is 1. The van der Waals surface area contributed by atoms with Gasteiger partial charge < -0.3 is 10.0 Å². The minimum atomic E-state index is -0.412. The molecular weight excluding hydrogens is 190 g/mol. The third-order valence-electron chi connectivity index (χ3n) is 2.42. The maximum Gasteiger partial charge on any atom is 0.248 e. The fourth-order valence-electron chi connectivity index (χ4n) is 1.30. The summed E-state index contributed by atoms with van der Waals surface area (Å²) in [6.45, 7) is 2.28. The van der Waals surface area contributed by atoms with Crippen LogP contribution < -0.4 is 0 Å². The van der Waals surface area contributed by atoms with Crippen molar-refractivity contribution < 1.29 is 9.90 Å². The highest BCUT2D eigenvalue weighted by atomic mass is 16.3. The quantitative estimate of drug-likeness (QED) is 0.799. The number of hydrogen-bond donors (Lipinski definition) is 1. The van der Waals surface area contributed by atoms with Gasteiger partial charge >= 0.3 is 0 Å². The average molecular weight is 207 g/mol. The smallest absolute Gasteiger partial charge is 0.248 e. The van der Waals surface area contributed by atoms with Crippen LogP contribution in [0.2, 0.25) is 0 Å². The van der Waals surface area contributed by atoms with Gasteiger partial charge in [0.1, 0.15) is 6.61 Å². The molecule has 1 N–H and O–H groups in total. The van der Waals surface area contributed by atoms with E-state index in [1.807, 2.05) is 6.92 Å². The molecule has 0 fully saturated rings. The number of aryl methyl sites for hydroxylation is 1. The second-order valence-corrected chi connectivity index (χ2v) is 3.71. The minimum Gasteiger partial charge on any atom is -0.387 e. The first-order valence-electron chi connectivity index (χ1n) is 5.04. The molecule has 0 saturated carbocycles. The number of nitrogens with zero attached hydrogens (tertiary/aromatic N) is 1. The van der Waals surface area contributed by atoms with Crippen molar-refractivity contribution in [1.82, 2.24) is 4.90 Å². The van der Waals surface area contributed by atoms with E-state index in [4.69, 9.17) is 5.11 Å². The summed E-state index contributed by atoms with van der Waals surface area (Å²) in [5.41, 5.74) is 2.44. The Morgan fingerprint density at radius 3 is 2.47 bits per heavy atom. The highest BCUT2D eigenvalue weighted by molar-refractivity contribution is 5.76. The predicted octanol–water partition coefficient (Wildman–Crippen LogP) is 0.988. The van der Waals surface area contributed by atoms with E-state index in [1.54, 1.807) is 11.9 Å². The van der Waals surface area contributed by atoms with Crippen LogP contribution in [-0.2, 0) is 11.2 Å². The largest absolute Gasteiger partial charge is 0.387 e. The van der Waals surface area contributed by atoms with Gasteiger partial charge in [-0.05, 0) is 18.9 Å². The molecule has 0 atom stereocenters. The monoisotopic (exact) mass is 207 g/mol. The first-order valence-corrected chi connectivity index (χ1v) is 5.04. The van der Waals surface area contributed by atoms with Crippen LogP contribution >= 0.6 is 0 Å². The summed E-state index contributed by atoms with van der Waals surface area (Å²) in [6, 6.07) is 8.24. The van der Waals surface area contributed by atoms with Gasteiger partial charge in [0.25, 0.3) is 0 Å². The molecule has 0 radical (unpaired) electrons. The molecule has 1 aromatic rings. The number of benzene rings is 1. The molecule has 0 aliphatic carbocycles. The van der Waals surface area contributed by atoms with Gasteiger partial charge in [-0.2, -0.15) is 0 Å². The van der Waals surface area contributed by atoms with Gasteiger partial charge in [0.05, 0.1) is 0 Å². The Morgan fingerprint density at radius 2 is 1.93 bits per heavy atom. The van der Waals surface area contributed by atoms with Crippen LogP contribution in [0.25, 0.3) is 0 Å². The SMILES string of the molecule is Cc1ccc(CCN(C)C(=O)CO)cc1.